The smallest absolute Gasteiger partial charge is 0.249 e. The van der Waals surface area contributed by atoms with Gasteiger partial charge in [-0.1, -0.05) is 41.9 Å². The summed E-state index contributed by atoms with van der Waals surface area (Å²) in [6.07, 6.45) is -0.0525. The minimum Gasteiger partial charge on any atom is -0.324 e. The van der Waals surface area contributed by atoms with Crippen LogP contribution in [0.2, 0.25) is 5.02 Å². The van der Waals surface area contributed by atoms with Crippen LogP contribution in [-0.4, -0.2) is 21.6 Å². The summed E-state index contributed by atoms with van der Waals surface area (Å²) in [7, 11) is 0. The van der Waals surface area contributed by atoms with Crippen LogP contribution in [0.4, 0.5) is 15.9 Å². The summed E-state index contributed by atoms with van der Waals surface area (Å²) in [5.74, 6) is -0.783. The second-order valence-electron chi connectivity index (χ2n) is 6.52. The molecule has 0 bridgehead atoms. The maximum absolute atomic E-state index is 13.3. The molecule has 28 heavy (non-hydrogen) atoms. The average molecular weight is 399 g/mol. The molecule has 8 heteroatoms. The van der Waals surface area contributed by atoms with E-state index >= 15 is 0 Å². The average Bonchev–Trinajstić information content (AvgIpc) is 3.01. The molecule has 2 amide bonds. The molecule has 1 aliphatic rings. The highest BCUT2D eigenvalue weighted by Crippen LogP contribution is 2.34. The van der Waals surface area contributed by atoms with Crippen molar-refractivity contribution in [2.75, 3.05) is 10.6 Å². The van der Waals surface area contributed by atoms with E-state index in [1.807, 2.05) is 37.3 Å². The van der Waals surface area contributed by atoms with Crippen LogP contribution in [0.25, 0.3) is 11.3 Å². The third-order valence-corrected chi connectivity index (χ3v) is 4.91. The first-order valence-corrected chi connectivity index (χ1v) is 9.02. The summed E-state index contributed by atoms with van der Waals surface area (Å²) in [6.45, 7) is 1.85. The molecule has 1 atom stereocenters. The van der Waals surface area contributed by atoms with Crippen LogP contribution in [0.3, 0.4) is 0 Å². The van der Waals surface area contributed by atoms with Gasteiger partial charge in [-0.2, -0.15) is 5.10 Å². The number of nitrogens with zero attached hydrogens (tertiary/aromatic N) is 2. The Hall–Kier alpha value is -3.19. The lowest BCUT2D eigenvalue weighted by Crippen LogP contribution is -2.35. The minimum atomic E-state index is -0.830. The number of rotatable bonds is 3. The van der Waals surface area contributed by atoms with Gasteiger partial charge in [0.2, 0.25) is 11.8 Å². The number of amides is 2. The Morgan fingerprint density at radius 3 is 2.75 bits per heavy atom. The molecule has 0 aliphatic carbocycles. The number of carbonyl (C=O) groups is 2. The van der Waals surface area contributed by atoms with Gasteiger partial charge in [-0.3, -0.25) is 9.59 Å². The highest BCUT2D eigenvalue weighted by atomic mass is 35.5. The fourth-order valence-electron chi connectivity index (χ4n) is 3.21. The number of halogens is 2. The predicted molar refractivity (Wildman–Crippen MR) is 105 cm³/mol. The Bertz CT molecular complexity index is 1080. The highest BCUT2D eigenvalue weighted by molar-refractivity contribution is 6.31. The number of anilines is 2. The molecular formula is C20H16ClFN4O2. The number of benzene rings is 2. The first-order valence-electron chi connectivity index (χ1n) is 8.64. The van der Waals surface area contributed by atoms with Gasteiger partial charge >= 0.3 is 0 Å². The third-order valence-electron chi connectivity index (χ3n) is 4.62. The van der Waals surface area contributed by atoms with Crippen molar-refractivity contribution in [1.29, 1.82) is 0 Å². The van der Waals surface area contributed by atoms with Crippen molar-refractivity contribution >= 4 is 34.9 Å². The van der Waals surface area contributed by atoms with E-state index in [1.165, 1.54) is 22.9 Å². The SMILES string of the molecule is Cc1c(-c2ccccc2)nn2c1NC(=O)C[C@@H]2C(=O)Nc1ccc(F)c(Cl)c1. The van der Waals surface area contributed by atoms with E-state index in [1.54, 1.807) is 0 Å². The largest absolute Gasteiger partial charge is 0.324 e. The molecule has 1 aromatic heterocycles. The first-order chi connectivity index (χ1) is 13.4. The van der Waals surface area contributed by atoms with Crippen LogP contribution < -0.4 is 10.6 Å². The molecule has 142 valence electrons. The van der Waals surface area contributed by atoms with Crippen LogP contribution in [0.5, 0.6) is 0 Å². The Labute approximate surface area is 165 Å². The molecule has 0 unspecified atom stereocenters. The zero-order valence-corrected chi connectivity index (χ0v) is 15.6. The Balaban J connectivity index is 1.69. The van der Waals surface area contributed by atoms with Gasteiger partial charge in [0, 0.05) is 16.8 Å². The van der Waals surface area contributed by atoms with Gasteiger partial charge in [-0.25, -0.2) is 9.07 Å². The molecule has 0 spiro atoms. The summed E-state index contributed by atoms with van der Waals surface area (Å²) >= 11 is 5.77. The van der Waals surface area contributed by atoms with E-state index in [9.17, 15) is 14.0 Å². The summed E-state index contributed by atoms with van der Waals surface area (Å²) in [4.78, 5) is 25.0. The lowest BCUT2D eigenvalue weighted by molar-refractivity contribution is -0.125. The molecule has 2 heterocycles. The maximum atomic E-state index is 13.3. The molecule has 0 saturated heterocycles. The molecule has 2 N–H and O–H groups in total. The van der Waals surface area contributed by atoms with Crippen molar-refractivity contribution in [1.82, 2.24) is 9.78 Å². The van der Waals surface area contributed by atoms with Gasteiger partial charge in [-0.05, 0) is 25.1 Å². The van der Waals surface area contributed by atoms with Crippen molar-refractivity contribution in [2.45, 2.75) is 19.4 Å². The summed E-state index contributed by atoms with van der Waals surface area (Å²) < 4.78 is 14.9. The highest BCUT2D eigenvalue weighted by Gasteiger charge is 2.34. The van der Waals surface area contributed by atoms with Crippen LogP contribution in [0.15, 0.2) is 48.5 Å². The van der Waals surface area contributed by atoms with E-state index < -0.39 is 17.8 Å². The maximum Gasteiger partial charge on any atom is 0.249 e. The quantitative estimate of drug-likeness (QED) is 0.695. The number of aromatic nitrogens is 2. The number of carbonyl (C=O) groups excluding carboxylic acids is 2. The molecule has 2 aromatic carbocycles. The third kappa shape index (κ3) is 3.25. The van der Waals surface area contributed by atoms with E-state index in [0.717, 1.165) is 11.1 Å². The van der Waals surface area contributed by atoms with Crippen molar-refractivity contribution < 1.29 is 14.0 Å². The van der Waals surface area contributed by atoms with Crippen molar-refractivity contribution in [3.05, 3.63) is 64.9 Å². The summed E-state index contributed by atoms with van der Waals surface area (Å²) in [5, 5.41) is 9.96. The van der Waals surface area contributed by atoms with Gasteiger partial charge in [0.05, 0.1) is 17.1 Å². The molecule has 4 rings (SSSR count). The Morgan fingerprint density at radius 2 is 2.04 bits per heavy atom. The molecule has 0 radical (unpaired) electrons. The Kier molecular flexibility index (Phi) is 4.60. The molecule has 3 aromatic rings. The van der Waals surface area contributed by atoms with Gasteiger partial charge < -0.3 is 10.6 Å². The standard InChI is InChI=1S/C20H16ClFN4O2/c1-11-18(12-5-3-2-4-6-12)25-26-16(10-17(27)24-19(11)26)20(28)23-13-7-8-15(22)14(21)9-13/h2-9,16H,10H2,1H3,(H,23,28)(H,24,27)/t16-/m1/s1. The summed E-state index contributed by atoms with van der Waals surface area (Å²) in [5.41, 5.74) is 2.71. The predicted octanol–water partition coefficient (Wildman–Crippen LogP) is 4.17. The molecule has 0 fully saturated rings. The fourth-order valence-corrected chi connectivity index (χ4v) is 3.39. The topological polar surface area (TPSA) is 76.0 Å². The first kappa shape index (κ1) is 18.2. The minimum absolute atomic E-state index is 0.0525. The van der Waals surface area contributed by atoms with Crippen molar-refractivity contribution in [3.63, 3.8) is 0 Å². The normalized spacial score (nSPS) is 15.7. The van der Waals surface area contributed by atoms with Crippen LogP contribution in [0.1, 0.15) is 18.0 Å². The van der Waals surface area contributed by atoms with E-state index in [2.05, 4.69) is 15.7 Å². The lowest BCUT2D eigenvalue weighted by Gasteiger charge is -2.24. The summed E-state index contributed by atoms with van der Waals surface area (Å²) in [6, 6.07) is 12.6. The van der Waals surface area contributed by atoms with Crippen LogP contribution in [-0.2, 0) is 9.59 Å². The lowest BCUT2D eigenvalue weighted by atomic mass is 10.1. The zero-order chi connectivity index (χ0) is 19.8. The number of nitrogens with one attached hydrogen (secondary N) is 2. The van der Waals surface area contributed by atoms with Gasteiger partial charge in [-0.15, -0.1) is 0 Å². The number of hydrogen-bond donors (Lipinski definition) is 2. The van der Waals surface area contributed by atoms with Crippen LogP contribution >= 0.6 is 11.6 Å². The molecule has 1 aliphatic heterocycles. The second-order valence-corrected chi connectivity index (χ2v) is 6.93. The number of hydrogen-bond acceptors (Lipinski definition) is 3. The van der Waals surface area contributed by atoms with Gasteiger partial charge in [0.1, 0.15) is 17.7 Å². The molecule has 0 saturated carbocycles. The van der Waals surface area contributed by atoms with E-state index in [-0.39, 0.29) is 17.4 Å². The van der Waals surface area contributed by atoms with Gasteiger partial charge in [0.25, 0.3) is 0 Å². The zero-order valence-electron chi connectivity index (χ0n) is 14.9. The van der Waals surface area contributed by atoms with Crippen molar-refractivity contribution in [3.8, 4) is 11.3 Å². The fraction of sp³-hybridized carbons (Fsp3) is 0.150. The Morgan fingerprint density at radius 1 is 1.29 bits per heavy atom. The van der Waals surface area contributed by atoms with Gasteiger partial charge in [0.15, 0.2) is 0 Å². The second kappa shape index (κ2) is 7.09. The number of fused-ring (bicyclic) bond motifs is 1. The van der Waals surface area contributed by atoms with Crippen LogP contribution in [0, 0.1) is 12.7 Å². The molecular weight excluding hydrogens is 383 g/mol. The van der Waals surface area contributed by atoms with E-state index in [0.29, 0.717) is 17.2 Å². The monoisotopic (exact) mass is 398 g/mol. The van der Waals surface area contributed by atoms with Crippen molar-refractivity contribution in [2.24, 2.45) is 0 Å². The molecule has 6 nitrogen and oxygen atoms in total. The van der Waals surface area contributed by atoms with E-state index in [4.69, 9.17) is 11.6 Å².